The van der Waals surface area contributed by atoms with Gasteiger partial charge >= 0.3 is 0 Å². The lowest BCUT2D eigenvalue weighted by atomic mass is 9.92. The molecular formula is C10H17N3O2. The Morgan fingerprint density at radius 2 is 2.13 bits per heavy atom. The van der Waals surface area contributed by atoms with Crippen molar-refractivity contribution in [2.24, 2.45) is 0 Å². The van der Waals surface area contributed by atoms with Crippen LogP contribution in [0.1, 0.15) is 37.0 Å². The van der Waals surface area contributed by atoms with E-state index in [1.807, 2.05) is 0 Å². The third-order valence-corrected chi connectivity index (χ3v) is 2.16. The zero-order valence-electron chi connectivity index (χ0n) is 9.79. The van der Waals surface area contributed by atoms with Gasteiger partial charge in [0.25, 0.3) is 5.91 Å². The third kappa shape index (κ3) is 2.56. The summed E-state index contributed by atoms with van der Waals surface area (Å²) in [5.74, 6) is -0.260. The molecule has 1 amide bonds. The van der Waals surface area contributed by atoms with Crippen molar-refractivity contribution in [2.75, 3.05) is 14.2 Å². The van der Waals surface area contributed by atoms with E-state index < -0.39 is 0 Å². The molecular weight excluding hydrogens is 194 g/mol. The second-order valence-corrected chi connectivity index (χ2v) is 4.40. The lowest BCUT2D eigenvalue weighted by molar-refractivity contribution is -0.0760. The zero-order valence-corrected chi connectivity index (χ0v) is 9.79. The van der Waals surface area contributed by atoms with Crippen molar-refractivity contribution in [1.29, 1.82) is 0 Å². The molecule has 1 heterocycles. The molecule has 0 saturated heterocycles. The number of hydrogen-bond acceptors (Lipinski definition) is 3. The van der Waals surface area contributed by atoms with Gasteiger partial charge in [-0.1, -0.05) is 20.8 Å². The summed E-state index contributed by atoms with van der Waals surface area (Å²) >= 11 is 0. The van der Waals surface area contributed by atoms with Crippen LogP contribution in [0, 0.1) is 0 Å². The number of hydroxylamine groups is 2. The summed E-state index contributed by atoms with van der Waals surface area (Å²) in [7, 11) is 2.99. The lowest BCUT2D eigenvalue weighted by Crippen LogP contribution is -2.25. The first kappa shape index (κ1) is 11.7. The van der Waals surface area contributed by atoms with Crippen LogP contribution in [0.2, 0.25) is 0 Å². The number of nitrogens with one attached hydrogen (secondary N) is 1. The molecule has 0 aliphatic rings. The van der Waals surface area contributed by atoms with Crippen LogP contribution in [0.3, 0.4) is 0 Å². The summed E-state index contributed by atoms with van der Waals surface area (Å²) < 4.78 is 0. The molecule has 0 radical (unpaired) electrons. The minimum absolute atomic E-state index is 0.0445. The van der Waals surface area contributed by atoms with Gasteiger partial charge in [-0.05, 0) is 6.07 Å². The highest BCUT2D eigenvalue weighted by atomic mass is 16.7. The van der Waals surface area contributed by atoms with Crippen LogP contribution in [0.15, 0.2) is 6.07 Å². The van der Waals surface area contributed by atoms with Gasteiger partial charge in [-0.15, -0.1) is 0 Å². The van der Waals surface area contributed by atoms with Crippen molar-refractivity contribution < 1.29 is 9.63 Å². The van der Waals surface area contributed by atoms with Crippen molar-refractivity contribution in [2.45, 2.75) is 26.2 Å². The highest BCUT2D eigenvalue weighted by Gasteiger charge is 2.20. The van der Waals surface area contributed by atoms with Gasteiger partial charge in [0.2, 0.25) is 0 Å². The highest BCUT2D eigenvalue weighted by Crippen LogP contribution is 2.20. The van der Waals surface area contributed by atoms with Crippen molar-refractivity contribution in [3.8, 4) is 0 Å². The Labute approximate surface area is 89.4 Å². The van der Waals surface area contributed by atoms with Crippen LogP contribution < -0.4 is 0 Å². The largest absolute Gasteiger partial charge is 0.297 e. The molecule has 1 aromatic rings. The molecule has 15 heavy (non-hydrogen) atoms. The molecule has 0 aliphatic carbocycles. The molecule has 0 aromatic carbocycles. The number of aromatic nitrogens is 2. The summed E-state index contributed by atoms with van der Waals surface area (Å²) in [6, 6.07) is 1.75. The van der Waals surface area contributed by atoms with E-state index in [1.165, 1.54) is 7.11 Å². The van der Waals surface area contributed by atoms with Crippen LogP contribution in [0.5, 0.6) is 0 Å². The van der Waals surface area contributed by atoms with Crippen LogP contribution in [-0.2, 0) is 10.3 Å². The van der Waals surface area contributed by atoms with Gasteiger partial charge in [-0.25, -0.2) is 5.06 Å². The van der Waals surface area contributed by atoms with Gasteiger partial charge < -0.3 is 0 Å². The van der Waals surface area contributed by atoms with E-state index >= 15 is 0 Å². The molecule has 1 N–H and O–H groups in total. The molecule has 0 fully saturated rings. The molecule has 1 aromatic heterocycles. The minimum Gasteiger partial charge on any atom is -0.281 e. The Kier molecular flexibility index (Phi) is 3.14. The second-order valence-electron chi connectivity index (χ2n) is 4.40. The van der Waals surface area contributed by atoms with Crippen molar-refractivity contribution in [3.63, 3.8) is 0 Å². The van der Waals surface area contributed by atoms with E-state index in [9.17, 15) is 4.79 Å². The zero-order chi connectivity index (χ0) is 11.6. The van der Waals surface area contributed by atoms with E-state index in [0.717, 1.165) is 10.8 Å². The number of hydrogen-bond donors (Lipinski definition) is 1. The topological polar surface area (TPSA) is 58.2 Å². The number of nitrogens with zero attached hydrogens (tertiary/aromatic N) is 2. The number of carbonyl (C=O) groups is 1. The summed E-state index contributed by atoms with van der Waals surface area (Å²) in [6.07, 6.45) is 0. The van der Waals surface area contributed by atoms with E-state index in [0.29, 0.717) is 5.69 Å². The maximum absolute atomic E-state index is 11.6. The quantitative estimate of drug-likeness (QED) is 0.751. The monoisotopic (exact) mass is 211 g/mol. The van der Waals surface area contributed by atoms with Gasteiger partial charge in [-0.2, -0.15) is 5.10 Å². The minimum atomic E-state index is -0.260. The molecule has 5 heteroatoms. The van der Waals surface area contributed by atoms with Crippen LogP contribution in [0.4, 0.5) is 0 Å². The third-order valence-electron chi connectivity index (χ3n) is 2.16. The number of amides is 1. The van der Waals surface area contributed by atoms with Gasteiger partial charge in [0.05, 0.1) is 7.11 Å². The van der Waals surface area contributed by atoms with Crippen molar-refractivity contribution in [1.82, 2.24) is 15.3 Å². The molecule has 0 saturated carbocycles. The van der Waals surface area contributed by atoms with E-state index in [2.05, 4.69) is 31.0 Å². The van der Waals surface area contributed by atoms with Gasteiger partial charge in [0.1, 0.15) is 0 Å². The van der Waals surface area contributed by atoms with Gasteiger partial charge in [0, 0.05) is 18.2 Å². The summed E-state index contributed by atoms with van der Waals surface area (Å²) in [4.78, 5) is 16.4. The normalized spacial score (nSPS) is 11.5. The fourth-order valence-corrected chi connectivity index (χ4v) is 1.06. The Hall–Kier alpha value is -1.36. The Morgan fingerprint density at radius 3 is 2.53 bits per heavy atom. The number of carbonyl (C=O) groups excluding carboxylic acids is 1. The first-order chi connectivity index (χ1) is 6.86. The Morgan fingerprint density at radius 1 is 1.53 bits per heavy atom. The average molecular weight is 211 g/mol. The van der Waals surface area contributed by atoms with E-state index in [-0.39, 0.29) is 11.3 Å². The summed E-state index contributed by atoms with van der Waals surface area (Å²) in [6.45, 7) is 6.15. The number of aromatic amines is 1. The standard InChI is InChI=1S/C10H17N3O2/c1-10(2,3)8-6-7(11-12-8)9(14)13(4)15-5/h6H,1-5H3,(H,11,12). The first-order valence-corrected chi connectivity index (χ1v) is 4.74. The van der Waals surface area contributed by atoms with E-state index in [4.69, 9.17) is 4.84 Å². The average Bonchev–Trinajstić information content (AvgIpc) is 2.63. The van der Waals surface area contributed by atoms with E-state index in [1.54, 1.807) is 13.1 Å². The smallest absolute Gasteiger partial charge is 0.281 e. The fourth-order valence-electron chi connectivity index (χ4n) is 1.06. The lowest BCUT2D eigenvalue weighted by Gasteiger charge is -2.14. The highest BCUT2D eigenvalue weighted by molar-refractivity contribution is 5.91. The molecule has 84 valence electrons. The van der Waals surface area contributed by atoms with Gasteiger partial charge in [0.15, 0.2) is 5.69 Å². The SMILES string of the molecule is CON(C)C(=O)c1cc(C(C)(C)C)[nH]n1. The predicted octanol–water partition coefficient (Wildman–Crippen LogP) is 1.34. The maximum atomic E-state index is 11.6. The van der Waals surface area contributed by atoms with Gasteiger partial charge in [-0.3, -0.25) is 14.7 Å². The molecule has 1 rings (SSSR count). The molecule has 5 nitrogen and oxygen atoms in total. The number of H-pyrrole nitrogens is 1. The fraction of sp³-hybridized carbons (Fsp3) is 0.600. The number of rotatable bonds is 2. The summed E-state index contributed by atoms with van der Waals surface area (Å²) in [5.41, 5.74) is 1.25. The predicted molar refractivity (Wildman–Crippen MR) is 56.4 cm³/mol. The Balaban J connectivity index is 2.90. The van der Waals surface area contributed by atoms with Crippen LogP contribution in [0.25, 0.3) is 0 Å². The van der Waals surface area contributed by atoms with Crippen LogP contribution >= 0.6 is 0 Å². The maximum Gasteiger partial charge on any atom is 0.297 e. The molecule has 0 aliphatic heterocycles. The molecule has 0 unspecified atom stereocenters. The molecule has 0 bridgehead atoms. The summed E-state index contributed by atoms with van der Waals surface area (Å²) in [5, 5.41) is 7.95. The van der Waals surface area contributed by atoms with Crippen molar-refractivity contribution >= 4 is 5.91 Å². The Bertz CT molecular complexity index is 352. The van der Waals surface area contributed by atoms with Crippen LogP contribution in [-0.4, -0.2) is 35.3 Å². The second kappa shape index (κ2) is 4.02. The molecule has 0 atom stereocenters. The molecule has 0 spiro atoms. The van der Waals surface area contributed by atoms with Crippen molar-refractivity contribution in [3.05, 3.63) is 17.5 Å². The first-order valence-electron chi connectivity index (χ1n) is 4.74.